The molecule has 0 aliphatic carbocycles. The largest absolute Gasteiger partial charge is 0.296 e. The summed E-state index contributed by atoms with van der Waals surface area (Å²) in [5.41, 5.74) is 5.03. The van der Waals surface area contributed by atoms with E-state index in [2.05, 4.69) is 68.6 Å². The number of nitrogens with zero attached hydrogens (tertiary/aromatic N) is 2. The number of piperidine rings is 1. The Labute approximate surface area is 133 Å². The Balaban J connectivity index is 1.91. The van der Waals surface area contributed by atoms with Gasteiger partial charge in [0.05, 0.1) is 12.1 Å². The van der Waals surface area contributed by atoms with Crippen LogP contribution in [-0.2, 0) is 0 Å². The molecule has 2 nitrogen and oxygen atoms in total. The Morgan fingerprint density at radius 1 is 0.818 bits per heavy atom. The number of nitriles is 1. The van der Waals surface area contributed by atoms with Crippen molar-refractivity contribution in [3.05, 3.63) is 70.8 Å². The summed E-state index contributed by atoms with van der Waals surface area (Å²) in [5.74, 6) is 0. The Morgan fingerprint density at radius 2 is 1.23 bits per heavy atom. The Kier molecular flexibility index (Phi) is 4.15. The molecule has 0 radical (unpaired) electrons. The van der Waals surface area contributed by atoms with Crippen molar-refractivity contribution >= 4 is 0 Å². The topological polar surface area (TPSA) is 27.0 Å². The first-order valence-corrected chi connectivity index (χ1v) is 8.00. The first-order valence-electron chi connectivity index (χ1n) is 8.00. The van der Waals surface area contributed by atoms with Gasteiger partial charge in [0.2, 0.25) is 0 Å². The zero-order valence-electron chi connectivity index (χ0n) is 13.3. The third kappa shape index (κ3) is 2.85. The van der Waals surface area contributed by atoms with Crippen molar-refractivity contribution in [2.24, 2.45) is 0 Å². The lowest BCUT2D eigenvalue weighted by Crippen LogP contribution is -2.32. The first kappa shape index (κ1) is 14.7. The molecule has 0 bridgehead atoms. The van der Waals surface area contributed by atoms with Gasteiger partial charge in [0.25, 0.3) is 0 Å². The summed E-state index contributed by atoms with van der Waals surface area (Å²) in [6.45, 7) is 4.20. The van der Waals surface area contributed by atoms with Gasteiger partial charge in [0, 0.05) is 0 Å². The minimum atomic E-state index is 0.200. The third-order valence-electron chi connectivity index (χ3n) is 4.67. The van der Waals surface area contributed by atoms with E-state index in [1.54, 1.807) is 0 Å². The lowest BCUT2D eigenvalue weighted by atomic mass is 9.88. The van der Waals surface area contributed by atoms with E-state index >= 15 is 0 Å². The Hall–Kier alpha value is -2.27. The van der Waals surface area contributed by atoms with E-state index in [1.807, 2.05) is 4.90 Å². The second kappa shape index (κ2) is 6.23. The van der Waals surface area contributed by atoms with Crippen LogP contribution in [0.3, 0.4) is 0 Å². The van der Waals surface area contributed by atoms with E-state index in [9.17, 15) is 5.26 Å². The zero-order chi connectivity index (χ0) is 15.5. The summed E-state index contributed by atoms with van der Waals surface area (Å²) in [6.07, 6.45) is 5.73. The van der Waals surface area contributed by atoms with Gasteiger partial charge in [-0.2, -0.15) is 5.26 Å². The SMILES string of the molecule is Cc1ccc(C2CCCC(c3ccc(C)cc3)N2C#N)cc1. The van der Waals surface area contributed by atoms with E-state index in [0.29, 0.717) is 0 Å². The minimum Gasteiger partial charge on any atom is -0.296 e. The average molecular weight is 290 g/mol. The molecule has 0 spiro atoms. The van der Waals surface area contributed by atoms with Crippen molar-refractivity contribution in [3.63, 3.8) is 0 Å². The molecule has 2 atom stereocenters. The van der Waals surface area contributed by atoms with Gasteiger partial charge in [-0.1, -0.05) is 59.7 Å². The lowest BCUT2D eigenvalue weighted by Gasteiger charge is -2.39. The highest BCUT2D eigenvalue weighted by molar-refractivity contribution is 5.29. The highest BCUT2D eigenvalue weighted by atomic mass is 15.2. The number of rotatable bonds is 2. The van der Waals surface area contributed by atoms with E-state index in [0.717, 1.165) is 19.3 Å². The summed E-state index contributed by atoms with van der Waals surface area (Å²) < 4.78 is 0. The lowest BCUT2D eigenvalue weighted by molar-refractivity contribution is 0.151. The van der Waals surface area contributed by atoms with E-state index < -0.39 is 0 Å². The molecule has 0 aromatic heterocycles. The molecule has 1 aliphatic rings. The molecule has 0 amide bonds. The number of aryl methyl sites for hydroxylation is 2. The number of hydrogen-bond acceptors (Lipinski definition) is 2. The molecule has 3 rings (SSSR count). The minimum absolute atomic E-state index is 0.200. The molecule has 1 aliphatic heterocycles. The quantitative estimate of drug-likeness (QED) is 0.723. The predicted molar refractivity (Wildman–Crippen MR) is 89.1 cm³/mol. The zero-order valence-corrected chi connectivity index (χ0v) is 13.3. The molecule has 1 fully saturated rings. The summed E-state index contributed by atoms with van der Waals surface area (Å²) in [5, 5.41) is 9.74. The maximum atomic E-state index is 9.74. The van der Waals surface area contributed by atoms with Gasteiger partial charge in [-0.25, -0.2) is 0 Å². The maximum absolute atomic E-state index is 9.74. The highest BCUT2D eigenvalue weighted by Gasteiger charge is 2.31. The van der Waals surface area contributed by atoms with E-state index in [4.69, 9.17) is 0 Å². The van der Waals surface area contributed by atoms with Crippen molar-refractivity contribution in [1.82, 2.24) is 4.90 Å². The number of likely N-dealkylation sites (tertiary alicyclic amines) is 1. The molecule has 2 unspecified atom stereocenters. The fourth-order valence-corrected chi connectivity index (χ4v) is 3.37. The third-order valence-corrected chi connectivity index (χ3v) is 4.67. The molecule has 2 aromatic carbocycles. The van der Waals surface area contributed by atoms with Crippen LogP contribution in [-0.4, -0.2) is 4.90 Å². The van der Waals surface area contributed by atoms with Gasteiger partial charge in [-0.15, -0.1) is 0 Å². The summed E-state index contributed by atoms with van der Waals surface area (Å²) in [6, 6.07) is 17.6. The average Bonchev–Trinajstić information content (AvgIpc) is 2.55. The second-order valence-electron chi connectivity index (χ2n) is 6.29. The van der Waals surface area contributed by atoms with Gasteiger partial charge < -0.3 is 0 Å². The van der Waals surface area contributed by atoms with Gasteiger partial charge in [0.1, 0.15) is 0 Å². The van der Waals surface area contributed by atoms with Gasteiger partial charge in [-0.3, -0.25) is 4.90 Å². The standard InChI is InChI=1S/C20H22N2/c1-15-6-10-17(11-7-15)19-4-3-5-20(22(19)14-21)18-12-8-16(2)9-13-18/h6-13,19-20H,3-5H2,1-2H3. The Bertz CT molecular complexity index is 611. The number of benzene rings is 2. The first-order chi connectivity index (χ1) is 10.7. The molecule has 1 saturated heterocycles. The fourth-order valence-electron chi connectivity index (χ4n) is 3.37. The van der Waals surface area contributed by atoms with Crippen LogP contribution in [0, 0.1) is 25.3 Å². The number of hydrogen-bond donors (Lipinski definition) is 0. The molecular weight excluding hydrogens is 268 g/mol. The molecule has 0 saturated carbocycles. The predicted octanol–water partition coefficient (Wildman–Crippen LogP) is 5.05. The summed E-state index contributed by atoms with van der Waals surface area (Å²) in [4.78, 5) is 2.00. The molecule has 2 heteroatoms. The van der Waals surface area contributed by atoms with Crippen molar-refractivity contribution in [2.45, 2.75) is 45.2 Å². The van der Waals surface area contributed by atoms with Crippen LogP contribution < -0.4 is 0 Å². The smallest absolute Gasteiger partial charge is 0.180 e. The van der Waals surface area contributed by atoms with Crippen LogP contribution >= 0.6 is 0 Å². The van der Waals surface area contributed by atoms with Crippen LogP contribution in [0.2, 0.25) is 0 Å². The van der Waals surface area contributed by atoms with Crippen molar-refractivity contribution < 1.29 is 0 Å². The summed E-state index contributed by atoms with van der Waals surface area (Å²) >= 11 is 0. The molecule has 0 N–H and O–H groups in total. The van der Waals surface area contributed by atoms with E-state index in [-0.39, 0.29) is 12.1 Å². The molecule has 2 aromatic rings. The molecule has 112 valence electrons. The van der Waals surface area contributed by atoms with Crippen molar-refractivity contribution in [3.8, 4) is 6.19 Å². The van der Waals surface area contributed by atoms with Crippen LogP contribution in [0.1, 0.15) is 53.6 Å². The van der Waals surface area contributed by atoms with Gasteiger partial charge in [0.15, 0.2) is 6.19 Å². The molecular formula is C20H22N2. The summed E-state index contributed by atoms with van der Waals surface area (Å²) in [7, 11) is 0. The molecule has 1 heterocycles. The Morgan fingerprint density at radius 3 is 1.59 bits per heavy atom. The normalized spacial score (nSPS) is 21.4. The van der Waals surface area contributed by atoms with Crippen LogP contribution in [0.15, 0.2) is 48.5 Å². The highest BCUT2D eigenvalue weighted by Crippen LogP contribution is 2.41. The van der Waals surface area contributed by atoms with Gasteiger partial charge >= 0.3 is 0 Å². The molecule has 22 heavy (non-hydrogen) atoms. The van der Waals surface area contributed by atoms with Gasteiger partial charge in [-0.05, 0) is 44.2 Å². The monoisotopic (exact) mass is 290 g/mol. The van der Waals surface area contributed by atoms with E-state index in [1.165, 1.54) is 22.3 Å². The fraction of sp³-hybridized carbons (Fsp3) is 0.350. The van der Waals surface area contributed by atoms with Crippen molar-refractivity contribution in [2.75, 3.05) is 0 Å². The van der Waals surface area contributed by atoms with Crippen LogP contribution in [0.25, 0.3) is 0 Å². The van der Waals surface area contributed by atoms with Crippen LogP contribution in [0.5, 0.6) is 0 Å². The van der Waals surface area contributed by atoms with Crippen molar-refractivity contribution in [1.29, 1.82) is 5.26 Å². The second-order valence-corrected chi connectivity index (χ2v) is 6.29. The van der Waals surface area contributed by atoms with Crippen LogP contribution in [0.4, 0.5) is 0 Å². The maximum Gasteiger partial charge on any atom is 0.180 e.